The van der Waals surface area contributed by atoms with Crippen LogP contribution in [0.1, 0.15) is 17.3 Å². The van der Waals surface area contributed by atoms with E-state index in [0.29, 0.717) is 40.3 Å². The number of benzene rings is 2. The van der Waals surface area contributed by atoms with Crippen molar-refractivity contribution in [1.29, 1.82) is 0 Å². The van der Waals surface area contributed by atoms with E-state index < -0.39 is 6.04 Å². The number of hydrogen-bond acceptors (Lipinski definition) is 4. The second-order valence-electron chi connectivity index (χ2n) is 5.70. The van der Waals surface area contributed by atoms with Crippen LogP contribution in [0.15, 0.2) is 48.5 Å². The number of carbonyl (C=O) groups excluding carboxylic acids is 2. The highest BCUT2D eigenvalue weighted by Gasteiger charge is 2.35. The van der Waals surface area contributed by atoms with Gasteiger partial charge in [0, 0.05) is 11.3 Å². The van der Waals surface area contributed by atoms with Gasteiger partial charge in [0.2, 0.25) is 5.91 Å². The van der Waals surface area contributed by atoms with Crippen LogP contribution in [0.3, 0.4) is 0 Å². The SMILES string of the molecule is CCOc1c(Cl)cccc1NC(=O)[C@@H]1CSCN1C(=O)c1ccccc1. The van der Waals surface area contributed by atoms with Crippen molar-refractivity contribution in [3.8, 4) is 5.75 Å². The van der Waals surface area contributed by atoms with Crippen LogP contribution in [0.25, 0.3) is 0 Å². The van der Waals surface area contributed by atoms with E-state index in [1.54, 1.807) is 47.0 Å². The van der Waals surface area contributed by atoms with Crippen LogP contribution < -0.4 is 10.1 Å². The lowest BCUT2D eigenvalue weighted by Gasteiger charge is -2.23. The minimum absolute atomic E-state index is 0.146. The standard InChI is InChI=1S/C19H19ClN2O3S/c1-2-25-17-14(20)9-6-10-15(17)21-18(23)16-11-26-12-22(16)19(24)13-7-4-3-5-8-13/h3-10,16H,2,11-12H2,1H3,(H,21,23)/t16-/m0/s1. The molecule has 1 heterocycles. The molecule has 2 aromatic carbocycles. The van der Waals surface area contributed by atoms with E-state index in [2.05, 4.69) is 5.32 Å². The molecule has 1 aliphatic heterocycles. The van der Waals surface area contributed by atoms with Gasteiger partial charge in [0.25, 0.3) is 5.91 Å². The molecule has 2 aromatic rings. The molecular formula is C19H19ClN2O3S. The summed E-state index contributed by atoms with van der Waals surface area (Å²) in [5.74, 6) is 1.08. The first kappa shape index (κ1) is 18.6. The third kappa shape index (κ3) is 3.97. The largest absolute Gasteiger partial charge is 0.490 e. The molecule has 0 radical (unpaired) electrons. The summed E-state index contributed by atoms with van der Waals surface area (Å²) in [6.45, 7) is 2.29. The molecule has 3 rings (SSSR count). The first-order valence-electron chi connectivity index (χ1n) is 8.27. The average Bonchev–Trinajstić information content (AvgIpc) is 3.14. The van der Waals surface area contributed by atoms with Gasteiger partial charge in [-0.25, -0.2) is 0 Å². The highest BCUT2D eigenvalue weighted by molar-refractivity contribution is 7.99. The van der Waals surface area contributed by atoms with Crippen molar-refractivity contribution < 1.29 is 14.3 Å². The van der Waals surface area contributed by atoms with E-state index >= 15 is 0 Å². The number of nitrogens with zero attached hydrogens (tertiary/aromatic N) is 1. The highest BCUT2D eigenvalue weighted by atomic mass is 35.5. The summed E-state index contributed by atoms with van der Waals surface area (Å²) in [5, 5.41) is 3.29. The average molecular weight is 391 g/mol. The summed E-state index contributed by atoms with van der Waals surface area (Å²) in [7, 11) is 0. The number of carbonyl (C=O) groups is 2. The Morgan fingerprint density at radius 2 is 2.00 bits per heavy atom. The second kappa shape index (κ2) is 8.47. The minimum Gasteiger partial charge on any atom is -0.490 e. The van der Waals surface area contributed by atoms with Crippen molar-refractivity contribution in [1.82, 2.24) is 4.90 Å². The molecule has 1 fully saturated rings. The Balaban J connectivity index is 1.77. The molecule has 136 valence electrons. The van der Waals surface area contributed by atoms with Gasteiger partial charge >= 0.3 is 0 Å². The molecule has 1 N–H and O–H groups in total. The van der Waals surface area contributed by atoms with E-state index in [9.17, 15) is 9.59 Å². The van der Waals surface area contributed by atoms with Crippen LogP contribution in [0.5, 0.6) is 5.75 Å². The Morgan fingerprint density at radius 3 is 2.73 bits per heavy atom. The summed E-state index contributed by atoms with van der Waals surface area (Å²) >= 11 is 7.72. The number of rotatable bonds is 5. The number of anilines is 1. The molecule has 1 saturated heterocycles. The van der Waals surface area contributed by atoms with Crippen molar-refractivity contribution in [2.75, 3.05) is 23.6 Å². The summed E-state index contributed by atoms with van der Waals surface area (Å²) in [6, 6.07) is 13.6. The second-order valence-corrected chi connectivity index (χ2v) is 7.10. The topological polar surface area (TPSA) is 58.6 Å². The summed E-state index contributed by atoms with van der Waals surface area (Å²) in [4.78, 5) is 27.1. The summed E-state index contributed by atoms with van der Waals surface area (Å²) < 4.78 is 5.54. The Hall–Kier alpha value is -2.18. The Kier molecular flexibility index (Phi) is 6.06. The van der Waals surface area contributed by atoms with Crippen molar-refractivity contribution in [3.63, 3.8) is 0 Å². The molecule has 0 unspecified atom stereocenters. The lowest BCUT2D eigenvalue weighted by Crippen LogP contribution is -2.44. The van der Waals surface area contributed by atoms with Crippen LogP contribution in [-0.4, -0.2) is 41.0 Å². The number of hydrogen-bond donors (Lipinski definition) is 1. The fourth-order valence-electron chi connectivity index (χ4n) is 2.72. The van der Waals surface area contributed by atoms with Crippen LogP contribution in [0.4, 0.5) is 5.69 Å². The maximum atomic E-state index is 12.8. The number of thioether (sulfide) groups is 1. The Morgan fingerprint density at radius 1 is 1.23 bits per heavy atom. The summed E-state index contributed by atoms with van der Waals surface area (Å²) in [6.07, 6.45) is 0. The van der Waals surface area contributed by atoms with Crippen LogP contribution in [0.2, 0.25) is 5.02 Å². The smallest absolute Gasteiger partial charge is 0.255 e. The van der Waals surface area contributed by atoms with E-state index in [1.807, 2.05) is 25.1 Å². The fraction of sp³-hybridized carbons (Fsp3) is 0.263. The lowest BCUT2D eigenvalue weighted by atomic mass is 10.1. The lowest BCUT2D eigenvalue weighted by molar-refractivity contribution is -0.119. The van der Waals surface area contributed by atoms with Gasteiger partial charge < -0.3 is 15.0 Å². The van der Waals surface area contributed by atoms with Gasteiger partial charge in [0.15, 0.2) is 5.75 Å². The maximum Gasteiger partial charge on any atom is 0.255 e. The first-order valence-corrected chi connectivity index (χ1v) is 9.81. The van der Waals surface area contributed by atoms with Gasteiger partial charge in [-0.2, -0.15) is 0 Å². The highest BCUT2D eigenvalue weighted by Crippen LogP contribution is 2.33. The van der Waals surface area contributed by atoms with E-state index in [1.165, 1.54) is 0 Å². The van der Waals surface area contributed by atoms with Crippen molar-refractivity contribution in [2.45, 2.75) is 13.0 Å². The van der Waals surface area contributed by atoms with Gasteiger partial charge in [-0.15, -0.1) is 11.8 Å². The molecular weight excluding hydrogens is 372 g/mol. The third-order valence-corrected chi connectivity index (χ3v) is 5.29. The number of halogens is 1. The van der Waals surface area contributed by atoms with Gasteiger partial charge in [-0.3, -0.25) is 9.59 Å². The molecule has 26 heavy (non-hydrogen) atoms. The Labute approximate surface area is 161 Å². The van der Waals surface area contributed by atoms with Crippen molar-refractivity contribution in [3.05, 3.63) is 59.1 Å². The molecule has 0 saturated carbocycles. The zero-order valence-electron chi connectivity index (χ0n) is 14.3. The molecule has 1 atom stereocenters. The maximum absolute atomic E-state index is 12.8. The fourth-order valence-corrected chi connectivity index (χ4v) is 4.10. The van der Waals surface area contributed by atoms with Crippen molar-refractivity contribution >= 4 is 40.9 Å². The normalized spacial score (nSPS) is 16.4. The number of ether oxygens (including phenoxy) is 1. The molecule has 0 aromatic heterocycles. The Bertz CT molecular complexity index is 801. The van der Waals surface area contributed by atoms with E-state index in [-0.39, 0.29) is 11.8 Å². The van der Waals surface area contributed by atoms with Crippen LogP contribution in [-0.2, 0) is 4.79 Å². The van der Waals surface area contributed by atoms with E-state index in [0.717, 1.165) is 0 Å². The third-order valence-electron chi connectivity index (χ3n) is 3.98. The predicted octanol–water partition coefficient (Wildman–Crippen LogP) is 3.89. The molecule has 2 amide bonds. The predicted molar refractivity (Wildman–Crippen MR) is 105 cm³/mol. The molecule has 5 nitrogen and oxygen atoms in total. The molecule has 0 spiro atoms. The number of nitrogens with one attached hydrogen (secondary N) is 1. The zero-order chi connectivity index (χ0) is 18.5. The van der Waals surface area contributed by atoms with Gasteiger partial charge in [-0.1, -0.05) is 35.9 Å². The zero-order valence-corrected chi connectivity index (χ0v) is 15.8. The number of amides is 2. The van der Waals surface area contributed by atoms with Gasteiger partial charge in [0.1, 0.15) is 6.04 Å². The molecule has 0 aliphatic carbocycles. The summed E-state index contributed by atoms with van der Waals surface area (Å²) in [5.41, 5.74) is 1.08. The van der Waals surface area contributed by atoms with E-state index in [4.69, 9.17) is 16.3 Å². The number of para-hydroxylation sites is 1. The van der Waals surface area contributed by atoms with Crippen molar-refractivity contribution in [2.24, 2.45) is 0 Å². The quantitative estimate of drug-likeness (QED) is 0.841. The monoisotopic (exact) mass is 390 g/mol. The minimum atomic E-state index is -0.541. The first-order chi connectivity index (χ1) is 12.6. The van der Waals surface area contributed by atoms with Crippen LogP contribution >= 0.6 is 23.4 Å². The molecule has 7 heteroatoms. The van der Waals surface area contributed by atoms with Gasteiger partial charge in [-0.05, 0) is 31.2 Å². The molecule has 0 bridgehead atoms. The molecule has 1 aliphatic rings. The van der Waals surface area contributed by atoms with Crippen LogP contribution in [0, 0.1) is 0 Å². The van der Waals surface area contributed by atoms with Gasteiger partial charge in [0.05, 0.1) is 23.2 Å².